The molecule has 0 unspecified atom stereocenters. The number of hydrogen-bond acceptors (Lipinski definition) is 5. The average Bonchev–Trinajstić information content (AvgIpc) is 2.90. The molecule has 2 amide bonds. The van der Waals surface area contributed by atoms with Gasteiger partial charge in [-0.1, -0.05) is 37.5 Å². The third kappa shape index (κ3) is 4.40. The van der Waals surface area contributed by atoms with E-state index in [0.29, 0.717) is 11.4 Å². The maximum Gasteiger partial charge on any atom is 0.350 e. The van der Waals surface area contributed by atoms with Crippen LogP contribution in [0.3, 0.4) is 0 Å². The second-order valence-corrected chi connectivity index (χ2v) is 7.91. The lowest BCUT2D eigenvalue weighted by Gasteiger charge is -2.26. The summed E-state index contributed by atoms with van der Waals surface area (Å²) in [5.41, 5.74) is 9.69. The van der Waals surface area contributed by atoms with Gasteiger partial charge in [0.2, 0.25) is 0 Å². The van der Waals surface area contributed by atoms with Crippen LogP contribution in [0.5, 0.6) is 0 Å². The summed E-state index contributed by atoms with van der Waals surface area (Å²) in [6.07, 6.45) is 5.54. The molecule has 1 aliphatic carbocycles. The Labute approximate surface area is 182 Å². The first kappa shape index (κ1) is 20.9. The summed E-state index contributed by atoms with van der Waals surface area (Å²) in [6, 6.07) is 14.5. The number of ether oxygens (including phenoxy) is 1. The van der Waals surface area contributed by atoms with Crippen LogP contribution in [-0.2, 0) is 9.53 Å². The molecular weight excluding hydrogens is 392 g/mol. The number of amides is 2. The number of carbonyl (C=O) groups excluding carboxylic acids is 2. The molecule has 0 bridgehead atoms. The van der Waals surface area contributed by atoms with Crippen molar-refractivity contribution < 1.29 is 14.3 Å². The van der Waals surface area contributed by atoms with Crippen molar-refractivity contribution in [1.82, 2.24) is 5.01 Å². The number of fused-ring (bicyclic) bond motifs is 1. The van der Waals surface area contributed by atoms with E-state index >= 15 is 0 Å². The number of urea groups is 1. The first-order chi connectivity index (χ1) is 15.1. The number of hydrazone groups is 1. The number of esters is 1. The zero-order valence-electron chi connectivity index (χ0n) is 17.8. The Hall–Kier alpha value is -3.35. The molecule has 4 rings (SSSR count). The van der Waals surface area contributed by atoms with E-state index in [1.54, 1.807) is 36.1 Å². The number of benzene rings is 2. The predicted octanol–water partition coefficient (Wildman–Crippen LogP) is 4.69. The molecule has 2 aliphatic rings. The summed E-state index contributed by atoms with van der Waals surface area (Å²) in [5.74, 6) is -0.232. The SMILES string of the molecule is CCOC(=O)CN1N=C(C2CCCCC2)c2ccccc2N(c2ccc(N)cc2)C1=O. The maximum atomic E-state index is 13.7. The fourth-order valence-electron chi connectivity index (χ4n) is 4.31. The van der Waals surface area contributed by atoms with E-state index in [9.17, 15) is 9.59 Å². The number of nitrogens with zero attached hydrogens (tertiary/aromatic N) is 3. The van der Waals surface area contributed by atoms with Gasteiger partial charge in [-0.05, 0) is 50.1 Å². The highest BCUT2D eigenvalue weighted by atomic mass is 16.5. The zero-order chi connectivity index (χ0) is 21.8. The molecule has 1 heterocycles. The minimum Gasteiger partial charge on any atom is -0.465 e. The first-order valence-electron chi connectivity index (χ1n) is 10.9. The fraction of sp³-hybridized carbons (Fsp3) is 0.375. The van der Waals surface area contributed by atoms with Gasteiger partial charge in [0.1, 0.15) is 6.54 Å². The first-order valence-corrected chi connectivity index (χ1v) is 10.9. The summed E-state index contributed by atoms with van der Waals surface area (Å²) in [5, 5.41) is 6.02. The largest absolute Gasteiger partial charge is 0.465 e. The molecule has 31 heavy (non-hydrogen) atoms. The van der Waals surface area contributed by atoms with E-state index in [4.69, 9.17) is 15.6 Å². The molecule has 2 N–H and O–H groups in total. The number of para-hydroxylation sites is 1. The van der Waals surface area contributed by atoms with Crippen molar-refractivity contribution in [2.75, 3.05) is 23.8 Å². The fourth-order valence-corrected chi connectivity index (χ4v) is 4.31. The Morgan fingerprint density at radius 1 is 1.10 bits per heavy atom. The third-order valence-corrected chi connectivity index (χ3v) is 5.79. The van der Waals surface area contributed by atoms with Crippen LogP contribution in [0.2, 0.25) is 0 Å². The molecule has 1 saturated carbocycles. The van der Waals surface area contributed by atoms with Crippen LogP contribution in [0.15, 0.2) is 53.6 Å². The van der Waals surface area contributed by atoms with Crippen molar-refractivity contribution >= 4 is 34.8 Å². The quantitative estimate of drug-likeness (QED) is 0.561. The summed E-state index contributed by atoms with van der Waals surface area (Å²) in [4.78, 5) is 27.6. The predicted molar refractivity (Wildman–Crippen MR) is 121 cm³/mol. The second kappa shape index (κ2) is 9.20. The van der Waals surface area contributed by atoms with Crippen molar-refractivity contribution in [3.05, 3.63) is 54.1 Å². The van der Waals surface area contributed by atoms with Crippen molar-refractivity contribution in [1.29, 1.82) is 0 Å². The normalized spacial score (nSPS) is 17.1. The lowest BCUT2D eigenvalue weighted by molar-refractivity contribution is -0.143. The summed E-state index contributed by atoms with van der Waals surface area (Å²) in [6.45, 7) is 1.76. The van der Waals surface area contributed by atoms with Gasteiger partial charge < -0.3 is 10.5 Å². The van der Waals surface area contributed by atoms with Gasteiger partial charge in [-0.15, -0.1) is 0 Å². The highest BCUT2D eigenvalue weighted by molar-refractivity contribution is 6.14. The van der Waals surface area contributed by atoms with E-state index in [1.165, 1.54) is 11.4 Å². The van der Waals surface area contributed by atoms with E-state index in [0.717, 1.165) is 42.6 Å². The summed E-state index contributed by atoms with van der Waals surface area (Å²) in [7, 11) is 0. The smallest absolute Gasteiger partial charge is 0.350 e. The second-order valence-electron chi connectivity index (χ2n) is 7.91. The third-order valence-electron chi connectivity index (χ3n) is 5.79. The van der Waals surface area contributed by atoms with Gasteiger partial charge >= 0.3 is 12.0 Å². The molecule has 0 aromatic heterocycles. The lowest BCUT2D eigenvalue weighted by atomic mass is 9.83. The van der Waals surface area contributed by atoms with Crippen LogP contribution in [-0.4, -0.2) is 35.9 Å². The van der Waals surface area contributed by atoms with Crippen molar-refractivity contribution in [2.45, 2.75) is 39.0 Å². The van der Waals surface area contributed by atoms with Crippen LogP contribution in [0, 0.1) is 5.92 Å². The molecule has 0 saturated heterocycles. The minimum atomic E-state index is -0.481. The maximum absolute atomic E-state index is 13.7. The van der Waals surface area contributed by atoms with Gasteiger partial charge in [0, 0.05) is 17.2 Å². The summed E-state index contributed by atoms with van der Waals surface area (Å²) >= 11 is 0. The molecular formula is C24H28N4O3. The highest BCUT2D eigenvalue weighted by Gasteiger charge is 2.34. The van der Waals surface area contributed by atoms with Crippen molar-refractivity contribution in [3.8, 4) is 0 Å². The van der Waals surface area contributed by atoms with Gasteiger partial charge in [0.25, 0.3) is 0 Å². The molecule has 7 heteroatoms. The molecule has 7 nitrogen and oxygen atoms in total. The van der Waals surface area contributed by atoms with Gasteiger partial charge in [-0.2, -0.15) is 5.10 Å². The molecule has 162 valence electrons. The highest BCUT2D eigenvalue weighted by Crippen LogP contribution is 2.37. The number of rotatable bonds is 5. The van der Waals surface area contributed by atoms with Crippen LogP contribution >= 0.6 is 0 Å². The van der Waals surface area contributed by atoms with Gasteiger partial charge in [-0.25, -0.2) is 9.80 Å². The average molecular weight is 421 g/mol. The van der Waals surface area contributed by atoms with Crippen LogP contribution < -0.4 is 10.6 Å². The topological polar surface area (TPSA) is 88.2 Å². The van der Waals surface area contributed by atoms with Crippen molar-refractivity contribution in [3.63, 3.8) is 0 Å². The Balaban J connectivity index is 1.83. The van der Waals surface area contributed by atoms with Crippen LogP contribution in [0.4, 0.5) is 21.9 Å². The van der Waals surface area contributed by atoms with Gasteiger partial charge in [-0.3, -0.25) is 9.69 Å². The number of carbonyl (C=O) groups is 2. The Kier molecular flexibility index (Phi) is 6.21. The van der Waals surface area contributed by atoms with Crippen molar-refractivity contribution in [2.24, 2.45) is 11.0 Å². The standard InChI is InChI=1S/C24H28N4O3/c1-2-31-22(29)16-27-24(30)28(19-14-12-18(25)13-15-19)21-11-7-6-10-20(21)23(26-27)17-8-4-3-5-9-17/h6-7,10-15,17H,2-5,8-9,16,25H2,1H3. The molecule has 1 fully saturated rings. The summed E-state index contributed by atoms with van der Waals surface area (Å²) < 4.78 is 5.11. The van der Waals surface area contributed by atoms with E-state index in [-0.39, 0.29) is 19.1 Å². The van der Waals surface area contributed by atoms with E-state index in [2.05, 4.69) is 0 Å². The molecule has 2 aromatic rings. The molecule has 0 spiro atoms. The van der Waals surface area contributed by atoms with Crippen LogP contribution in [0.1, 0.15) is 44.6 Å². The number of anilines is 3. The Bertz CT molecular complexity index is 981. The molecule has 1 aliphatic heterocycles. The molecule has 0 atom stereocenters. The molecule has 2 aromatic carbocycles. The Morgan fingerprint density at radius 2 is 1.81 bits per heavy atom. The number of nitrogen functional groups attached to an aromatic ring is 1. The van der Waals surface area contributed by atoms with E-state index < -0.39 is 12.0 Å². The lowest BCUT2D eigenvalue weighted by Crippen LogP contribution is -2.40. The van der Waals surface area contributed by atoms with Gasteiger partial charge in [0.15, 0.2) is 0 Å². The molecule has 0 radical (unpaired) electrons. The van der Waals surface area contributed by atoms with Crippen LogP contribution in [0.25, 0.3) is 0 Å². The zero-order valence-corrected chi connectivity index (χ0v) is 17.8. The van der Waals surface area contributed by atoms with Gasteiger partial charge in [0.05, 0.1) is 23.7 Å². The monoisotopic (exact) mass is 420 g/mol. The number of hydrogen-bond donors (Lipinski definition) is 1. The Morgan fingerprint density at radius 3 is 2.52 bits per heavy atom. The minimum absolute atomic E-state index is 0.234. The van der Waals surface area contributed by atoms with E-state index in [1.807, 2.05) is 24.3 Å². The number of nitrogens with two attached hydrogens (primary N) is 1.